The van der Waals surface area contributed by atoms with Crippen molar-refractivity contribution >= 4 is 40.3 Å². The van der Waals surface area contributed by atoms with Crippen molar-refractivity contribution in [3.8, 4) is 0 Å². The summed E-state index contributed by atoms with van der Waals surface area (Å²) in [4.78, 5) is 15.1. The molecule has 0 spiro atoms. The van der Waals surface area contributed by atoms with Crippen molar-refractivity contribution in [2.24, 2.45) is 0 Å². The van der Waals surface area contributed by atoms with Crippen LogP contribution in [-0.4, -0.2) is 15.1 Å². The number of carbonyl (C=O) groups excluding carboxylic acids is 1. The molecule has 1 amide bonds. The second kappa shape index (κ2) is 6.69. The minimum absolute atomic E-state index is 0.0167. The van der Waals surface area contributed by atoms with Crippen molar-refractivity contribution in [3.63, 3.8) is 0 Å². The van der Waals surface area contributed by atoms with Gasteiger partial charge in [-0.15, -0.1) is 0 Å². The Morgan fingerprint density at radius 1 is 1.09 bits per heavy atom. The third kappa shape index (κ3) is 3.38. The fourth-order valence-electron chi connectivity index (χ4n) is 2.51. The monoisotopic (exact) mass is 339 g/mol. The molecule has 116 valence electrons. The summed E-state index contributed by atoms with van der Waals surface area (Å²) in [5, 5.41) is 0. The lowest BCUT2D eigenvalue weighted by atomic mass is 10.1. The molecule has 1 fully saturated rings. The Morgan fingerprint density at radius 3 is 2.39 bits per heavy atom. The smallest absolute Gasteiger partial charge is 0.266 e. The van der Waals surface area contributed by atoms with Gasteiger partial charge in [0, 0.05) is 0 Å². The molecule has 1 aliphatic heterocycles. The van der Waals surface area contributed by atoms with E-state index in [9.17, 15) is 4.79 Å². The van der Waals surface area contributed by atoms with Gasteiger partial charge in [0.2, 0.25) is 0 Å². The first-order chi connectivity index (χ1) is 11.1. The molecule has 0 bridgehead atoms. The van der Waals surface area contributed by atoms with Crippen LogP contribution >= 0.6 is 24.0 Å². The Balaban J connectivity index is 1.86. The van der Waals surface area contributed by atoms with Crippen LogP contribution in [0.15, 0.2) is 59.5 Å². The molecular formula is C19H17NOS2. The van der Waals surface area contributed by atoms with Crippen LogP contribution in [0, 0.1) is 6.92 Å². The van der Waals surface area contributed by atoms with Crippen LogP contribution in [-0.2, 0) is 4.79 Å². The lowest BCUT2D eigenvalue weighted by Gasteiger charge is -2.23. The molecule has 2 nitrogen and oxygen atoms in total. The summed E-state index contributed by atoms with van der Waals surface area (Å²) < 4.78 is 0.615. The standard InChI is InChI=1S/C19H17NOS2/c1-13-8-10-15(11-9-13)12-17-18(21)20(19(22)23-17)14(2)16-6-4-3-5-7-16/h3-12,14H,1-2H3/b17-12+. The maximum Gasteiger partial charge on any atom is 0.266 e. The lowest BCUT2D eigenvalue weighted by Crippen LogP contribution is -2.30. The first-order valence-electron chi connectivity index (χ1n) is 7.45. The summed E-state index contributed by atoms with van der Waals surface area (Å²) in [6, 6.07) is 18.0. The highest BCUT2D eigenvalue weighted by atomic mass is 32.2. The van der Waals surface area contributed by atoms with Gasteiger partial charge in [-0.3, -0.25) is 9.69 Å². The molecule has 0 radical (unpaired) electrons. The number of thioether (sulfide) groups is 1. The number of rotatable bonds is 3. The van der Waals surface area contributed by atoms with Gasteiger partial charge in [0.1, 0.15) is 4.32 Å². The minimum Gasteiger partial charge on any atom is -0.286 e. The summed E-state index contributed by atoms with van der Waals surface area (Å²) in [6.45, 7) is 4.06. The van der Waals surface area contributed by atoms with Gasteiger partial charge in [0.25, 0.3) is 5.91 Å². The summed E-state index contributed by atoms with van der Waals surface area (Å²) >= 11 is 6.81. The SMILES string of the molecule is Cc1ccc(/C=C2/SC(=S)N(C(C)c3ccccc3)C2=O)cc1. The molecular weight excluding hydrogens is 322 g/mol. The molecule has 0 N–H and O–H groups in total. The van der Waals surface area contributed by atoms with E-state index < -0.39 is 0 Å². The van der Waals surface area contributed by atoms with Crippen LogP contribution in [0.2, 0.25) is 0 Å². The Labute approximate surface area is 146 Å². The van der Waals surface area contributed by atoms with E-state index in [2.05, 4.69) is 0 Å². The molecule has 0 aliphatic carbocycles. The molecule has 3 rings (SSSR count). The van der Waals surface area contributed by atoms with Crippen LogP contribution in [0.1, 0.15) is 29.7 Å². The van der Waals surface area contributed by atoms with Crippen LogP contribution in [0.4, 0.5) is 0 Å². The van der Waals surface area contributed by atoms with Crippen LogP contribution in [0.3, 0.4) is 0 Å². The van der Waals surface area contributed by atoms with E-state index in [0.717, 1.165) is 11.1 Å². The summed E-state index contributed by atoms with van der Waals surface area (Å²) in [7, 11) is 0. The van der Waals surface area contributed by atoms with E-state index in [4.69, 9.17) is 12.2 Å². The average Bonchev–Trinajstić information content (AvgIpc) is 2.84. The van der Waals surface area contributed by atoms with Crippen LogP contribution in [0.5, 0.6) is 0 Å². The minimum atomic E-state index is -0.0624. The third-order valence-electron chi connectivity index (χ3n) is 3.87. The van der Waals surface area contributed by atoms with Crippen molar-refractivity contribution < 1.29 is 4.79 Å². The highest BCUT2D eigenvalue weighted by molar-refractivity contribution is 8.26. The summed E-state index contributed by atoms with van der Waals surface area (Å²) in [5.41, 5.74) is 3.30. The second-order valence-corrected chi connectivity index (χ2v) is 7.22. The number of hydrogen-bond acceptors (Lipinski definition) is 3. The van der Waals surface area contributed by atoms with E-state index in [1.165, 1.54) is 17.3 Å². The number of aryl methyl sites for hydroxylation is 1. The molecule has 1 saturated heterocycles. The van der Waals surface area contributed by atoms with Gasteiger partial charge in [-0.1, -0.05) is 84.1 Å². The predicted octanol–water partition coefficient (Wildman–Crippen LogP) is 4.96. The number of carbonyl (C=O) groups is 1. The van der Waals surface area contributed by atoms with Crippen molar-refractivity contribution in [1.82, 2.24) is 4.90 Å². The number of hydrogen-bond donors (Lipinski definition) is 0. The summed E-state index contributed by atoms with van der Waals surface area (Å²) in [5.74, 6) is -0.0167. The van der Waals surface area contributed by atoms with E-state index in [-0.39, 0.29) is 11.9 Å². The van der Waals surface area contributed by atoms with E-state index >= 15 is 0 Å². The van der Waals surface area contributed by atoms with Gasteiger partial charge in [0.05, 0.1) is 10.9 Å². The summed E-state index contributed by atoms with van der Waals surface area (Å²) in [6.07, 6.45) is 1.91. The molecule has 0 aromatic heterocycles. The Kier molecular flexibility index (Phi) is 4.64. The first-order valence-corrected chi connectivity index (χ1v) is 8.67. The number of benzene rings is 2. The Bertz CT molecular complexity index is 766. The molecule has 1 unspecified atom stereocenters. The molecule has 1 atom stereocenters. The van der Waals surface area contributed by atoms with Crippen molar-refractivity contribution in [3.05, 3.63) is 76.2 Å². The lowest BCUT2D eigenvalue weighted by molar-refractivity contribution is -0.123. The Morgan fingerprint density at radius 2 is 1.74 bits per heavy atom. The van der Waals surface area contributed by atoms with Gasteiger partial charge in [-0.25, -0.2) is 0 Å². The zero-order chi connectivity index (χ0) is 16.4. The van der Waals surface area contributed by atoms with E-state index in [0.29, 0.717) is 9.23 Å². The molecule has 0 saturated carbocycles. The molecule has 2 aromatic carbocycles. The number of thiocarbonyl (C=S) groups is 1. The molecule has 1 heterocycles. The topological polar surface area (TPSA) is 20.3 Å². The number of nitrogens with zero attached hydrogens (tertiary/aromatic N) is 1. The van der Waals surface area contributed by atoms with Crippen molar-refractivity contribution in [2.45, 2.75) is 19.9 Å². The molecule has 2 aromatic rings. The second-order valence-electron chi connectivity index (χ2n) is 5.55. The highest BCUT2D eigenvalue weighted by Crippen LogP contribution is 2.37. The Hall–Kier alpha value is -1.91. The van der Waals surface area contributed by atoms with Gasteiger partial charge in [-0.2, -0.15) is 0 Å². The largest absolute Gasteiger partial charge is 0.286 e. The van der Waals surface area contributed by atoms with Crippen LogP contribution in [0.25, 0.3) is 6.08 Å². The maximum atomic E-state index is 12.8. The van der Waals surface area contributed by atoms with Crippen LogP contribution < -0.4 is 0 Å². The fourth-order valence-corrected chi connectivity index (χ4v) is 3.93. The van der Waals surface area contributed by atoms with Crippen molar-refractivity contribution in [2.75, 3.05) is 0 Å². The quantitative estimate of drug-likeness (QED) is 0.582. The highest BCUT2D eigenvalue weighted by Gasteiger charge is 2.35. The zero-order valence-electron chi connectivity index (χ0n) is 13.0. The molecule has 1 aliphatic rings. The third-order valence-corrected chi connectivity index (χ3v) is 5.20. The average molecular weight is 339 g/mol. The molecule has 4 heteroatoms. The fraction of sp³-hybridized carbons (Fsp3) is 0.158. The van der Waals surface area contributed by atoms with Crippen molar-refractivity contribution in [1.29, 1.82) is 0 Å². The van der Waals surface area contributed by atoms with E-state index in [1.54, 1.807) is 4.90 Å². The number of amides is 1. The van der Waals surface area contributed by atoms with Gasteiger partial charge < -0.3 is 0 Å². The first kappa shape index (κ1) is 16.0. The van der Waals surface area contributed by atoms with Gasteiger partial charge >= 0.3 is 0 Å². The normalized spacial score (nSPS) is 17.8. The van der Waals surface area contributed by atoms with Gasteiger partial charge in [-0.05, 0) is 31.1 Å². The van der Waals surface area contributed by atoms with Gasteiger partial charge in [0.15, 0.2) is 0 Å². The van der Waals surface area contributed by atoms with E-state index in [1.807, 2.05) is 74.5 Å². The predicted molar refractivity (Wildman–Crippen MR) is 101 cm³/mol. The zero-order valence-corrected chi connectivity index (χ0v) is 14.7. The maximum absolute atomic E-state index is 12.8. The molecule has 23 heavy (non-hydrogen) atoms.